The zero-order valence-electron chi connectivity index (χ0n) is 15.6. The van der Waals surface area contributed by atoms with Gasteiger partial charge in [-0.15, -0.1) is 0 Å². The molecular formula is C20H17NO7S. The van der Waals surface area contributed by atoms with Crippen LogP contribution in [0, 0.1) is 0 Å². The lowest BCUT2D eigenvalue weighted by atomic mass is 10.1. The van der Waals surface area contributed by atoms with Gasteiger partial charge in [-0.25, -0.2) is 4.79 Å². The number of amides is 2. The number of furan rings is 1. The molecule has 29 heavy (non-hydrogen) atoms. The fourth-order valence-electron chi connectivity index (χ4n) is 2.59. The van der Waals surface area contributed by atoms with Crippen molar-refractivity contribution in [1.29, 1.82) is 0 Å². The summed E-state index contributed by atoms with van der Waals surface area (Å²) in [6.45, 7) is 2.89. The number of esters is 1. The van der Waals surface area contributed by atoms with Gasteiger partial charge in [-0.1, -0.05) is 12.1 Å². The summed E-state index contributed by atoms with van der Waals surface area (Å²) in [7, 11) is 0. The van der Waals surface area contributed by atoms with Crippen molar-refractivity contribution in [2.45, 2.75) is 20.0 Å². The summed E-state index contributed by atoms with van der Waals surface area (Å²) in [5.74, 6) is -1.59. The first-order valence-electron chi connectivity index (χ1n) is 8.63. The molecule has 8 nitrogen and oxygen atoms in total. The first kappa shape index (κ1) is 20.4. The largest absolute Gasteiger partial charge is 0.478 e. The molecule has 1 aliphatic heterocycles. The number of carboxylic acids is 1. The van der Waals surface area contributed by atoms with E-state index in [-0.39, 0.29) is 16.6 Å². The molecule has 0 aliphatic carbocycles. The molecule has 0 saturated carbocycles. The lowest BCUT2D eigenvalue weighted by Gasteiger charge is -2.13. The number of thioether (sulfide) groups is 1. The van der Waals surface area contributed by atoms with Crippen molar-refractivity contribution in [2.75, 3.05) is 6.54 Å². The molecule has 0 radical (unpaired) electrons. The van der Waals surface area contributed by atoms with E-state index in [1.807, 2.05) is 0 Å². The highest BCUT2D eigenvalue weighted by atomic mass is 32.2. The van der Waals surface area contributed by atoms with Gasteiger partial charge in [0.2, 0.25) is 0 Å². The minimum absolute atomic E-state index is 0.118. The third-order valence-corrected chi connectivity index (χ3v) is 4.73. The number of carbonyl (C=O) groups is 4. The van der Waals surface area contributed by atoms with Crippen LogP contribution in [0.1, 0.15) is 30.0 Å². The Kier molecular flexibility index (Phi) is 5.88. The predicted octanol–water partition coefficient (Wildman–Crippen LogP) is 3.63. The van der Waals surface area contributed by atoms with Crippen molar-refractivity contribution >= 4 is 40.9 Å². The summed E-state index contributed by atoms with van der Waals surface area (Å²) in [6, 6.07) is 9.47. The van der Waals surface area contributed by atoms with Crippen LogP contribution in [0.3, 0.4) is 0 Å². The fourth-order valence-corrected chi connectivity index (χ4v) is 3.40. The molecule has 9 heteroatoms. The number of carboxylic acid groups (broad SMARTS) is 1. The minimum Gasteiger partial charge on any atom is -0.478 e. The average molecular weight is 415 g/mol. The van der Waals surface area contributed by atoms with Gasteiger partial charge in [-0.2, -0.15) is 0 Å². The van der Waals surface area contributed by atoms with E-state index in [2.05, 4.69) is 0 Å². The molecule has 2 amide bonds. The van der Waals surface area contributed by atoms with Crippen molar-refractivity contribution in [3.63, 3.8) is 0 Å². The van der Waals surface area contributed by atoms with E-state index in [1.54, 1.807) is 38.1 Å². The molecule has 1 aromatic heterocycles. The summed E-state index contributed by atoms with van der Waals surface area (Å²) in [4.78, 5) is 48.3. The first-order valence-corrected chi connectivity index (χ1v) is 9.44. The van der Waals surface area contributed by atoms with Gasteiger partial charge in [0.05, 0.1) is 16.6 Å². The van der Waals surface area contributed by atoms with Gasteiger partial charge in [-0.05, 0) is 49.9 Å². The Hall–Kier alpha value is -3.33. The zero-order chi connectivity index (χ0) is 21.1. The van der Waals surface area contributed by atoms with E-state index < -0.39 is 29.6 Å². The number of hydrogen-bond acceptors (Lipinski definition) is 7. The quantitative estimate of drug-likeness (QED) is 0.562. The van der Waals surface area contributed by atoms with Crippen LogP contribution >= 0.6 is 11.8 Å². The minimum atomic E-state index is -1.05. The number of carbonyl (C=O) groups excluding carboxylic acids is 3. The van der Waals surface area contributed by atoms with Gasteiger partial charge in [0, 0.05) is 11.6 Å². The summed E-state index contributed by atoms with van der Waals surface area (Å²) in [5.41, 5.74) is 0.684. The number of hydrogen-bond donors (Lipinski definition) is 1. The third kappa shape index (κ3) is 4.75. The molecule has 1 fully saturated rings. The first-order chi connectivity index (χ1) is 13.7. The van der Waals surface area contributed by atoms with Gasteiger partial charge in [0.1, 0.15) is 18.1 Å². The van der Waals surface area contributed by atoms with Crippen LogP contribution in [0.25, 0.3) is 17.4 Å². The zero-order valence-corrected chi connectivity index (χ0v) is 16.4. The normalized spacial score (nSPS) is 15.4. The van der Waals surface area contributed by atoms with Crippen LogP contribution < -0.4 is 0 Å². The summed E-state index contributed by atoms with van der Waals surface area (Å²) in [5, 5.41) is 8.52. The van der Waals surface area contributed by atoms with Gasteiger partial charge in [0.25, 0.3) is 11.1 Å². The molecule has 3 rings (SSSR count). The predicted molar refractivity (Wildman–Crippen MR) is 105 cm³/mol. The third-order valence-electron chi connectivity index (χ3n) is 3.82. The van der Waals surface area contributed by atoms with Gasteiger partial charge < -0.3 is 14.3 Å². The highest BCUT2D eigenvalue weighted by Gasteiger charge is 2.37. The Morgan fingerprint density at radius 1 is 1.24 bits per heavy atom. The molecule has 1 saturated heterocycles. The molecule has 1 aliphatic rings. The van der Waals surface area contributed by atoms with E-state index in [0.29, 0.717) is 28.8 Å². The maximum absolute atomic E-state index is 12.4. The molecular weight excluding hydrogens is 398 g/mol. The Labute approximate surface area is 170 Å². The van der Waals surface area contributed by atoms with E-state index in [0.717, 1.165) is 4.90 Å². The summed E-state index contributed by atoms with van der Waals surface area (Å²) < 4.78 is 10.6. The number of rotatable bonds is 6. The summed E-state index contributed by atoms with van der Waals surface area (Å²) in [6.07, 6.45) is 1.06. The number of ether oxygens (including phenoxy) is 1. The highest BCUT2D eigenvalue weighted by Crippen LogP contribution is 2.33. The molecule has 2 heterocycles. The van der Waals surface area contributed by atoms with Crippen molar-refractivity contribution in [2.24, 2.45) is 0 Å². The van der Waals surface area contributed by atoms with Crippen LogP contribution in [-0.2, 0) is 14.3 Å². The number of imide groups is 1. The molecule has 0 unspecified atom stereocenters. The van der Waals surface area contributed by atoms with Gasteiger partial charge in [0.15, 0.2) is 0 Å². The fraction of sp³-hybridized carbons (Fsp3) is 0.200. The molecule has 2 aromatic rings. The second kappa shape index (κ2) is 8.36. The van der Waals surface area contributed by atoms with E-state index in [9.17, 15) is 19.2 Å². The standard InChI is InChI=1S/C20H17NO7S/c1-11(2)27-17(22)10-21-18(23)16(29-20(21)26)9-14-6-7-15(28-14)12-4-3-5-13(8-12)19(24)25/h3-9,11H,10H2,1-2H3,(H,24,25)/b16-9-. The van der Waals surface area contributed by atoms with Crippen LogP contribution in [-0.4, -0.2) is 45.7 Å². The maximum Gasteiger partial charge on any atom is 0.335 e. The molecule has 0 atom stereocenters. The lowest BCUT2D eigenvalue weighted by Crippen LogP contribution is -2.35. The molecule has 1 aromatic carbocycles. The van der Waals surface area contributed by atoms with Crippen molar-refractivity contribution < 1.29 is 33.4 Å². The van der Waals surface area contributed by atoms with E-state index in [4.69, 9.17) is 14.3 Å². The van der Waals surface area contributed by atoms with Crippen molar-refractivity contribution in [3.8, 4) is 11.3 Å². The molecule has 0 spiro atoms. The topological polar surface area (TPSA) is 114 Å². The summed E-state index contributed by atoms with van der Waals surface area (Å²) >= 11 is 0.702. The van der Waals surface area contributed by atoms with Crippen LogP contribution in [0.15, 0.2) is 45.7 Å². The van der Waals surface area contributed by atoms with Crippen LogP contribution in [0.5, 0.6) is 0 Å². The van der Waals surface area contributed by atoms with Crippen molar-refractivity contribution in [1.82, 2.24) is 4.90 Å². The molecule has 1 N–H and O–H groups in total. The van der Waals surface area contributed by atoms with Gasteiger partial charge >= 0.3 is 11.9 Å². The number of aromatic carboxylic acids is 1. The van der Waals surface area contributed by atoms with Gasteiger partial charge in [-0.3, -0.25) is 19.3 Å². The van der Waals surface area contributed by atoms with E-state index >= 15 is 0 Å². The smallest absolute Gasteiger partial charge is 0.335 e. The second-order valence-corrected chi connectivity index (χ2v) is 7.39. The average Bonchev–Trinajstić information content (AvgIpc) is 3.22. The maximum atomic E-state index is 12.4. The number of benzene rings is 1. The SMILES string of the molecule is CC(C)OC(=O)CN1C(=O)S/C(=C\c2ccc(-c3cccc(C(=O)O)c3)o2)C1=O. The Balaban J connectivity index is 1.77. The molecule has 150 valence electrons. The Morgan fingerprint density at radius 3 is 2.69 bits per heavy atom. The van der Waals surface area contributed by atoms with Crippen molar-refractivity contribution in [3.05, 3.63) is 52.6 Å². The highest BCUT2D eigenvalue weighted by molar-refractivity contribution is 8.18. The monoisotopic (exact) mass is 415 g/mol. The Bertz CT molecular complexity index is 1020. The Morgan fingerprint density at radius 2 is 2.00 bits per heavy atom. The van der Waals surface area contributed by atoms with Crippen LogP contribution in [0.4, 0.5) is 4.79 Å². The molecule has 0 bridgehead atoms. The van der Waals surface area contributed by atoms with Crippen LogP contribution in [0.2, 0.25) is 0 Å². The van der Waals surface area contributed by atoms with E-state index in [1.165, 1.54) is 18.2 Å². The second-order valence-electron chi connectivity index (χ2n) is 6.39. The lowest BCUT2D eigenvalue weighted by molar-refractivity contribution is -0.149. The number of nitrogens with zero attached hydrogens (tertiary/aromatic N) is 1.